The number of hydrogen-bond donors (Lipinski definition) is 1. The van der Waals surface area contributed by atoms with Gasteiger partial charge in [-0.2, -0.15) is 5.26 Å². The highest BCUT2D eigenvalue weighted by atomic mass is 16.5. The molecule has 0 spiro atoms. The summed E-state index contributed by atoms with van der Waals surface area (Å²) in [4.78, 5) is 10.8. The molecule has 1 rings (SSSR count). The van der Waals surface area contributed by atoms with Gasteiger partial charge in [-0.1, -0.05) is 19.4 Å². The van der Waals surface area contributed by atoms with E-state index in [0.717, 1.165) is 12.8 Å². The quantitative estimate of drug-likeness (QED) is 0.470. The van der Waals surface area contributed by atoms with E-state index in [2.05, 4.69) is 6.92 Å². The second kappa shape index (κ2) is 7.85. The van der Waals surface area contributed by atoms with Gasteiger partial charge >= 0.3 is 5.97 Å². The molecular weight excluding hydrogens is 258 g/mol. The van der Waals surface area contributed by atoms with E-state index < -0.39 is 5.97 Å². The molecule has 0 fully saturated rings. The SMILES string of the molecule is CCCCOc1ccc(/C=C(\C#N)C(=O)O)cc1OC. The average Bonchev–Trinajstić information content (AvgIpc) is 2.45. The lowest BCUT2D eigenvalue weighted by molar-refractivity contribution is -0.132. The fourth-order valence-corrected chi connectivity index (χ4v) is 1.53. The lowest BCUT2D eigenvalue weighted by atomic mass is 10.1. The van der Waals surface area contributed by atoms with Crippen molar-refractivity contribution in [1.29, 1.82) is 5.26 Å². The van der Waals surface area contributed by atoms with Crippen LogP contribution in [0.2, 0.25) is 0 Å². The Morgan fingerprint density at radius 1 is 1.45 bits per heavy atom. The van der Waals surface area contributed by atoms with Crippen molar-refractivity contribution in [3.05, 3.63) is 29.3 Å². The number of rotatable bonds is 7. The van der Waals surface area contributed by atoms with Crippen molar-refractivity contribution in [2.24, 2.45) is 0 Å². The first-order valence-corrected chi connectivity index (χ1v) is 6.28. The predicted octanol–water partition coefficient (Wildman–Crippen LogP) is 2.87. The van der Waals surface area contributed by atoms with Crippen molar-refractivity contribution in [2.45, 2.75) is 19.8 Å². The minimum absolute atomic E-state index is 0.327. The number of ether oxygens (including phenoxy) is 2. The zero-order chi connectivity index (χ0) is 15.0. The van der Waals surface area contributed by atoms with E-state index in [9.17, 15) is 4.79 Å². The molecule has 0 amide bonds. The molecule has 5 heteroatoms. The highest BCUT2D eigenvalue weighted by Crippen LogP contribution is 2.29. The zero-order valence-corrected chi connectivity index (χ0v) is 11.5. The van der Waals surface area contributed by atoms with Crippen LogP contribution in [-0.4, -0.2) is 24.8 Å². The smallest absolute Gasteiger partial charge is 0.346 e. The van der Waals surface area contributed by atoms with E-state index in [1.54, 1.807) is 24.3 Å². The summed E-state index contributed by atoms with van der Waals surface area (Å²) in [6.45, 7) is 2.67. The van der Waals surface area contributed by atoms with Gasteiger partial charge in [-0.25, -0.2) is 4.79 Å². The highest BCUT2D eigenvalue weighted by molar-refractivity contribution is 5.96. The predicted molar refractivity (Wildman–Crippen MR) is 74.6 cm³/mol. The fraction of sp³-hybridized carbons (Fsp3) is 0.333. The number of nitriles is 1. The molecule has 1 aromatic rings. The minimum atomic E-state index is -1.25. The number of methoxy groups -OCH3 is 1. The number of hydrogen-bond acceptors (Lipinski definition) is 4. The molecule has 0 saturated heterocycles. The monoisotopic (exact) mass is 275 g/mol. The van der Waals surface area contributed by atoms with Gasteiger partial charge in [-0.05, 0) is 30.2 Å². The summed E-state index contributed by atoms with van der Waals surface area (Å²) in [6.07, 6.45) is 3.27. The maximum atomic E-state index is 10.8. The van der Waals surface area contributed by atoms with Crippen LogP contribution in [0.25, 0.3) is 6.08 Å². The van der Waals surface area contributed by atoms with Crippen LogP contribution in [0.1, 0.15) is 25.3 Å². The van der Waals surface area contributed by atoms with Gasteiger partial charge in [0.1, 0.15) is 11.6 Å². The number of carboxylic acids is 1. The molecule has 0 saturated carbocycles. The van der Waals surface area contributed by atoms with Crippen LogP contribution < -0.4 is 9.47 Å². The van der Waals surface area contributed by atoms with Crippen molar-refractivity contribution in [1.82, 2.24) is 0 Å². The topological polar surface area (TPSA) is 79.5 Å². The molecule has 0 unspecified atom stereocenters. The number of nitrogens with zero attached hydrogens (tertiary/aromatic N) is 1. The van der Waals surface area contributed by atoms with Crippen molar-refractivity contribution in [3.8, 4) is 17.6 Å². The zero-order valence-electron chi connectivity index (χ0n) is 11.5. The van der Waals surface area contributed by atoms with E-state index in [-0.39, 0.29) is 5.57 Å². The van der Waals surface area contributed by atoms with Crippen LogP contribution in [0.15, 0.2) is 23.8 Å². The van der Waals surface area contributed by atoms with Crippen LogP contribution in [-0.2, 0) is 4.79 Å². The van der Waals surface area contributed by atoms with Crippen LogP contribution in [0.4, 0.5) is 0 Å². The number of unbranched alkanes of at least 4 members (excludes halogenated alkanes) is 1. The van der Waals surface area contributed by atoms with Crippen molar-refractivity contribution < 1.29 is 19.4 Å². The molecule has 1 aromatic carbocycles. The normalized spacial score (nSPS) is 10.8. The van der Waals surface area contributed by atoms with E-state index in [0.29, 0.717) is 23.7 Å². The molecule has 0 atom stereocenters. The summed E-state index contributed by atoms with van der Waals surface area (Å²) in [5.41, 5.74) is 0.246. The molecule has 0 aliphatic rings. The first-order valence-electron chi connectivity index (χ1n) is 6.28. The van der Waals surface area contributed by atoms with Gasteiger partial charge in [-0.15, -0.1) is 0 Å². The second-order valence-electron chi connectivity index (χ2n) is 4.09. The first kappa shape index (κ1) is 15.6. The Balaban J connectivity index is 2.98. The summed E-state index contributed by atoms with van der Waals surface area (Å²) in [7, 11) is 1.51. The van der Waals surface area contributed by atoms with E-state index in [4.69, 9.17) is 19.8 Å². The highest BCUT2D eigenvalue weighted by Gasteiger charge is 2.08. The summed E-state index contributed by atoms with van der Waals surface area (Å²) in [5.74, 6) is -0.140. The summed E-state index contributed by atoms with van der Waals surface area (Å²) >= 11 is 0. The molecule has 106 valence electrons. The fourth-order valence-electron chi connectivity index (χ4n) is 1.53. The van der Waals surface area contributed by atoms with Gasteiger partial charge in [-0.3, -0.25) is 0 Å². The molecule has 0 bridgehead atoms. The molecule has 20 heavy (non-hydrogen) atoms. The van der Waals surface area contributed by atoms with Gasteiger partial charge in [0.25, 0.3) is 0 Å². The van der Waals surface area contributed by atoms with Gasteiger partial charge in [0.2, 0.25) is 0 Å². The number of benzene rings is 1. The number of carboxylic acid groups (broad SMARTS) is 1. The second-order valence-corrected chi connectivity index (χ2v) is 4.09. The third-order valence-electron chi connectivity index (χ3n) is 2.61. The van der Waals surface area contributed by atoms with Gasteiger partial charge < -0.3 is 14.6 Å². The maximum absolute atomic E-state index is 10.8. The Morgan fingerprint density at radius 3 is 2.75 bits per heavy atom. The minimum Gasteiger partial charge on any atom is -0.493 e. The van der Waals surface area contributed by atoms with Crippen LogP contribution in [0, 0.1) is 11.3 Å². The first-order chi connectivity index (χ1) is 9.62. The Kier molecular flexibility index (Phi) is 6.11. The Bertz CT molecular complexity index is 543. The largest absolute Gasteiger partial charge is 0.493 e. The van der Waals surface area contributed by atoms with Gasteiger partial charge in [0.05, 0.1) is 13.7 Å². The van der Waals surface area contributed by atoms with Crippen molar-refractivity contribution in [3.63, 3.8) is 0 Å². The number of aliphatic carboxylic acids is 1. The van der Waals surface area contributed by atoms with Crippen LogP contribution in [0.5, 0.6) is 11.5 Å². The maximum Gasteiger partial charge on any atom is 0.346 e. The van der Waals surface area contributed by atoms with Crippen molar-refractivity contribution >= 4 is 12.0 Å². The van der Waals surface area contributed by atoms with Crippen LogP contribution in [0.3, 0.4) is 0 Å². The molecule has 0 aliphatic heterocycles. The molecule has 0 aliphatic carbocycles. The van der Waals surface area contributed by atoms with Crippen molar-refractivity contribution in [2.75, 3.05) is 13.7 Å². The standard InChI is InChI=1S/C15H17NO4/c1-3-4-7-20-13-6-5-11(9-14(13)19-2)8-12(10-16)15(17)18/h5-6,8-9H,3-4,7H2,1-2H3,(H,17,18)/b12-8+. The molecule has 1 N–H and O–H groups in total. The summed E-state index contributed by atoms with van der Waals surface area (Å²) in [5, 5.41) is 17.5. The molecular formula is C15H17NO4. The summed E-state index contributed by atoms with van der Waals surface area (Å²) < 4.78 is 10.8. The average molecular weight is 275 g/mol. The van der Waals surface area contributed by atoms with E-state index in [1.165, 1.54) is 13.2 Å². The Labute approximate surface area is 118 Å². The van der Waals surface area contributed by atoms with E-state index >= 15 is 0 Å². The third kappa shape index (κ3) is 4.32. The van der Waals surface area contributed by atoms with E-state index in [1.807, 2.05) is 0 Å². The molecule has 0 aromatic heterocycles. The molecule has 5 nitrogen and oxygen atoms in total. The Hall–Kier alpha value is -2.48. The van der Waals surface area contributed by atoms with Gasteiger partial charge in [0, 0.05) is 0 Å². The molecule has 0 radical (unpaired) electrons. The molecule has 0 heterocycles. The summed E-state index contributed by atoms with van der Waals surface area (Å²) in [6, 6.07) is 6.66. The van der Waals surface area contributed by atoms with Gasteiger partial charge in [0.15, 0.2) is 11.5 Å². The lowest BCUT2D eigenvalue weighted by Crippen LogP contribution is -2.00. The third-order valence-corrected chi connectivity index (χ3v) is 2.61. The number of carbonyl (C=O) groups is 1. The lowest BCUT2D eigenvalue weighted by Gasteiger charge is -2.11. The van der Waals surface area contributed by atoms with Crippen LogP contribution >= 0.6 is 0 Å². The Morgan fingerprint density at radius 2 is 2.20 bits per heavy atom.